The van der Waals surface area contributed by atoms with Crippen LogP contribution in [0.1, 0.15) is 29.6 Å². The number of amides is 1. The zero-order valence-corrected chi connectivity index (χ0v) is 14.4. The fourth-order valence-electron chi connectivity index (χ4n) is 2.38. The second kappa shape index (κ2) is 9.66. The van der Waals surface area contributed by atoms with E-state index in [1.54, 1.807) is 11.0 Å². The Kier molecular flexibility index (Phi) is 9.09. The van der Waals surface area contributed by atoms with Crippen LogP contribution in [0.3, 0.4) is 0 Å². The Morgan fingerprint density at radius 3 is 2.14 bits per heavy atom. The van der Waals surface area contributed by atoms with Crippen LogP contribution in [0.15, 0.2) is 36.9 Å². The van der Waals surface area contributed by atoms with Gasteiger partial charge in [-0.25, -0.2) is 9.67 Å². The molecule has 2 heterocycles. The van der Waals surface area contributed by atoms with Gasteiger partial charge in [0.15, 0.2) is 0 Å². The molecular formula is C14H19Cl3N4O. The Balaban J connectivity index is 0.00000147. The van der Waals surface area contributed by atoms with Crippen LogP contribution >= 0.6 is 37.2 Å². The van der Waals surface area contributed by atoms with Crippen LogP contribution < -0.4 is 0 Å². The molecule has 2 aromatic rings. The number of halogens is 3. The standard InChI is InChI=1S/C14H16N4O.3ClH/c19-14(17-8-2-1-3-9-17)12-4-6-13(7-5-12)18-11-15-10-16-18;;;/h4-7,10-11H,1-3,8-9H2;3*1H. The molecule has 3 rings (SSSR count). The van der Waals surface area contributed by atoms with Gasteiger partial charge in [-0.05, 0) is 43.5 Å². The minimum atomic E-state index is 0. The normalized spacial score (nSPS) is 13.4. The largest absolute Gasteiger partial charge is 0.339 e. The lowest BCUT2D eigenvalue weighted by molar-refractivity contribution is 0.0724. The lowest BCUT2D eigenvalue weighted by Crippen LogP contribution is -2.35. The molecule has 0 saturated carbocycles. The zero-order valence-electron chi connectivity index (χ0n) is 11.9. The smallest absolute Gasteiger partial charge is 0.253 e. The van der Waals surface area contributed by atoms with E-state index in [0.29, 0.717) is 0 Å². The number of carbonyl (C=O) groups is 1. The van der Waals surface area contributed by atoms with Crippen molar-refractivity contribution in [3.8, 4) is 5.69 Å². The van der Waals surface area contributed by atoms with E-state index in [4.69, 9.17) is 0 Å². The summed E-state index contributed by atoms with van der Waals surface area (Å²) in [5.74, 6) is 0.129. The summed E-state index contributed by atoms with van der Waals surface area (Å²) in [6.45, 7) is 1.76. The van der Waals surface area contributed by atoms with Gasteiger partial charge in [-0.2, -0.15) is 5.10 Å². The van der Waals surface area contributed by atoms with Crippen molar-refractivity contribution in [1.29, 1.82) is 0 Å². The monoisotopic (exact) mass is 364 g/mol. The first kappa shape index (κ1) is 20.7. The summed E-state index contributed by atoms with van der Waals surface area (Å²) in [5.41, 5.74) is 1.65. The van der Waals surface area contributed by atoms with Crippen LogP contribution in [0.2, 0.25) is 0 Å². The van der Waals surface area contributed by atoms with E-state index >= 15 is 0 Å². The number of piperidine rings is 1. The minimum absolute atomic E-state index is 0. The van der Waals surface area contributed by atoms with Crippen molar-refractivity contribution in [3.05, 3.63) is 42.5 Å². The molecule has 1 aromatic heterocycles. The maximum atomic E-state index is 12.3. The maximum Gasteiger partial charge on any atom is 0.253 e. The van der Waals surface area contributed by atoms with Crippen LogP contribution in [0.4, 0.5) is 0 Å². The molecule has 1 amide bonds. The molecule has 0 spiro atoms. The molecule has 8 heteroatoms. The number of nitrogens with zero attached hydrogens (tertiary/aromatic N) is 4. The lowest BCUT2D eigenvalue weighted by Gasteiger charge is -2.26. The van der Waals surface area contributed by atoms with Crippen LogP contribution in [0.25, 0.3) is 5.69 Å². The highest BCUT2D eigenvalue weighted by molar-refractivity contribution is 5.94. The molecule has 122 valence electrons. The Hall–Kier alpha value is -1.30. The van der Waals surface area contributed by atoms with E-state index in [1.165, 1.54) is 12.7 Å². The third-order valence-electron chi connectivity index (χ3n) is 3.44. The summed E-state index contributed by atoms with van der Waals surface area (Å²) in [6, 6.07) is 7.50. The molecule has 1 aliphatic heterocycles. The molecule has 0 radical (unpaired) electrons. The van der Waals surface area contributed by atoms with Gasteiger partial charge in [0.2, 0.25) is 0 Å². The number of hydrogen-bond donors (Lipinski definition) is 0. The molecule has 0 unspecified atom stereocenters. The van der Waals surface area contributed by atoms with Crippen molar-refractivity contribution in [2.45, 2.75) is 19.3 Å². The average Bonchev–Trinajstić information content (AvgIpc) is 3.02. The second-order valence-corrected chi connectivity index (χ2v) is 4.74. The Bertz CT molecular complexity index is 554. The van der Waals surface area contributed by atoms with Gasteiger partial charge in [-0.15, -0.1) is 37.2 Å². The molecule has 22 heavy (non-hydrogen) atoms. The van der Waals surface area contributed by atoms with Crippen LogP contribution in [-0.4, -0.2) is 38.7 Å². The van der Waals surface area contributed by atoms with Crippen molar-refractivity contribution in [1.82, 2.24) is 19.7 Å². The summed E-state index contributed by atoms with van der Waals surface area (Å²) < 4.78 is 1.68. The first-order chi connectivity index (χ1) is 9.34. The predicted octanol–water partition coefficient (Wildman–Crippen LogP) is 3.16. The van der Waals surface area contributed by atoms with E-state index in [2.05, 4.69) is 10.1 Å². The Morgan fingerprint density at radius 1 is 0.955 bits per heavy atom. The molecule has 1 saturated heterocycles. The molecule has 1 aliphatic rings. The van der Waals surface area contributed by atoms with Gasteiger partial charge in [0.05, 0.1) is 5.69 Å². The van der Waals surface area contributed by atoms with Gasteiger partial charge in [0, 0.05) is 18.7 Å². The molecule has 0 bridgehead atoms. The highest BCUT2D eigenvalue weighted by Crippen LogP contribution is 2.14. The minimum Gasteiger partial charge on any atom is -0.339 e. The quantitative estimate of drug-likeness (QED) is 0.821. The fourth-order valence-corrected chi connectivity index (χ4v) is 2.38. The number of aromatic nitrogens is 3. The van der Waals surface area contributed by atoms with Gasteiger partial charge in [0.1, 0.15) is 12.7 Å². The van der Waals surface area contributed by atoms with Crippen LogP contribution in [-0.2, 0) is 0 Å². The molecule has 0 aliphatic carbocycles. The molecule has 5 nitrogen and oxygen atoms in total. The molecule has 0 N–H and O–H groups in total. The third-order valence-corrected chi connectivity index (χ3v) is 3.44. The lowest BCUT2D eigenvalue weighted by atomic mass is 10.1. The first-order valence-electron chi connectivity index (χ1n) is 6.59. The van der Waals surface area contributed by atoms with E-state index in [-0.39, 0.29) is 43.1 Å². The number of likely N-dealkylation sites (tertiary alicyclic amines) is 1. The highest BCUT2D eigenvalue weighted by Gasteiger charge is 2.17. The highest BCUT2D eigenvalue weighted by atomic mass is 35.5. The number of benzene rings is 1. The van der Waals surface area contributed by atoms with E-state index in [1.807, 2.05) is 29.2 Å². The van der Waals surface area contributed by atoms with Crippen LogP contribution in [0, 0.1) is 0 Å². The number of hydrogen-bond acceptors (Lipinski definition) is 3. The van der Waals surface area contributed by atoms with E-state index in [9.17, 15) is 4.79 Å². The van der Waals surface area contributed by atoms with Crippen molar-refractivity contribution in [3.63, 3.8) is 0 Å². The molecule has 0 atom stereocenters. The summed E-state index contributed by atoms with van der Waals surface area (Å²) in [4.78, 5) is 18.1. The third kappa shape index (κ3) is 4.60. The van der Waals surface area contributed by atoms with E-state index in [0.717, 1.165) is 37.2 Å². The van der Waals surface area contributed by atoms with Gasteiger partial charge in [-0.3, -0.25) is 4.79 Å². The average molecular weight is 366 g/mol. The number of carbonyl (C=O) groups excluding carboxylic acids is 1. The fraction of sp³-hybridized carbons (Fsp3) is 0.357. The maximum absolute atomic E-state index is 12.3. The van der Waals surface area contributed by atoms with E-state index < -0.39 is 0 Å². The number of rotatable bonds is 2. The Morgan fingerprint density at radius 2 is 1.59 bits per heavy atom. The van der Waals surface area contributed by atoms with Crippen LogP contribution in [0.5, 0.6) is 0 Å². The van der Waals surface area contributed by atoms with Gasteiger partial charge >= 0.3 is 0 Å². The predicted molar refractivity (Wildman–Crippen MR) is 92.9 cm³/mol. The summed E-state index contributed by atoms with van der Waals surface area (Å²) in [6.07, 6.45) is 6.59. The topological polar surface area (TPSA) is 51.0 Å². The van der Waals surface area contributed by atoms with Gasteiger partial charge in [0.25, 0.3) is 5.91 Å². The summed E-state index contributed by atoms with van der Waals surface area (Å²) in [5, 5.41) is 4.06. The van der Waals surface area contributed by atoms with Gasteiger partial charge in [-0.1, -0.05) is 0 Å². The summed E-state index contributed by atoms with van der Waals surface area (Å²) in [7, 11) is 0. The molecule has 1 fully saturated rings. The second-order valence-electron chi connectivity index (χ2n) is 4.74. The van der Waals surface area contributed by atoms with Gasteiger partial charge < -0.3 is 4.90 Å². The SMILES string of the molecule is Cl.Cl.Cl.O=C(c1ccc(-n2cncn2)cc1)N1CCCCC1. The van der Waals surface area contributed by atoms with Crippen molar-refractivity contribution < 1.29 is 4.79 Å². The molecule has 1 aromatic carbocycles. The van der Waals surface area contributed by atoms with Crippen molar-refractivity contribution in [2.75, 3.05) is 13.1 Å². The summed E-state index contributed by atoms with van der Waals surface area (Å²) >= 11 is 0. The Labute approximate surface area is 148 Å². The first-order valence-corrected chi connectivity index (χ1v) is 6.59. The molecular weight excluding hydrogens is 347 g/mol. The van der Waals surface area contributed by atoms with Crippen molar-refractivity contribution in [2.24, 2.45) is 0 Å². The zero-order chi connectivity index (χ0) is 13.1. The van der Waals surface area contributed by atoms with Crippen molar-refractivity contribution >= 4 is 43.1 Å².